The quantitative estimate of drug-likeness (QED) is 0.509. The maximum atomic E-state index is 13.2. The number of hydrogen-bond acceptors (Lipinski definition) is 4. The molecule has 1 N–H and O–H groups in total. The molecular formula is C23H28FN5OS. The lowest BCUT2D eigenvalue weighted by Gasteiger charge is -2.25. The molecule has 0 fully saturated rings. The number of H-pyrrole nitrogens is 1. The highest BCUT2D eigenvalue weighted by Crippen LogP contribution is 2.18. The first-order valence-corrected chi connectivity index (χ1v) is 10.6. The van der Waals surface area contributed by atoms with E-state index in [4.69, 9.17) is 12.2 Å². The number of benzene rings is 2. The van der Waals surface area contributed by atoms with Gasteiger partial charge in [0.1, 0.15) is 5.82 Å². The third kappa shape index (κ3) is 6.32. The Morgan fingerprint density at radius 1 is 1.10 bits per heavy atom. The van der Waals surface area contributed by atoms with Gasteiger partial charge in [-0.05, 0) is 50.9 Å². The normalized spacial score (nSPS) is 11.1. The lowest BCUT2D eigenvalue weighted by Crippen LogP contribution is -2.36. The van der Waals surface area contributed by atoms with Gasteiger partial charge in [0.25, 0.3) is 0 Å². The molecule has 3 aromatic rings. The first-order chi connectivity index (χ1) is 14.8. The van der Waals surface area contributed by atoms with Gasteiger partial charge in [0.05, 0.1) is 0 Å². The summed E-state index contributed by atoms with van der Waals surface area (Å²) in [5.74, 6) is 0.452. The van der Waals surface area contributed by atoms with Crippen molar-refractivity contribution in [1.82, 2.24) is 24.6 Å². The highest BCUT2D eigenvalue weighted by atomic mass is 32.1. The van der Waals surface area contributed by atoms with Gasteiger partial charge < -0.3 is 9.80 Å². The molecule has 1 heterocycles. The van der Waals surface area contributed by atoms with Gasteiger partial charge in [0.2, 0.25) is 5.91 Å². The van der Waals surface area contributed by atoms with E-state index in [2.05, 4.69) is 10.2 Å². The molecule has 0 aliphatic rings. The first kappa shape index (κ1) is 22.8. The number of halogens is 1. The van der Waals surface area contributed by atoms with Crippen LogP contribution in [0, 0.1) is 17.5 Å². The number of nitrogens with one attached hydrogen (secondary N) is 1. The Balaban J connectivity index is 1.73. The van der Waals surface area contributed by atoms with Crippen LogP contribution in [0.5, 0.6) is 0 Å². The Kier molecular flexibility index (Phi) is 7.70. The number of aryl methyl sites for hydroxylation is 1. The monoisotopic (exact) mass is 441 g/mol. The molecule has 1 amide bonds. The second-order valence-electron chi connectivity index (χ2n) is 7.87. The molecule has 0 saturated carbocycles. The molecule has 0 aliphatic heterocycles. The summed E-state index contributed by atoms with van der Waals surface area (Å²) < 4.78 is 15.6. The van der Waals surface area contributed by atoms with Gasteiger partial charge in [-0.2, -0.15) is 5.10 Å². The predicted molar refractivity (Wildman–Crippen MR) is 123 cm³/mol. The molecule has 0 bridgehead atoms. The summed E-state index contributed by atoms with van der Waals surface area (Å²) in [6.07, 6.45) is 0.293. The fourth-order valence-corrected chi connectivity index (χ4v) is 3.46. The van der Waals surface area contributed by atoms with E-state index < -0.39 is 0 Å². The Labute approximate surface area is 187 Å². The number of hydrogen-bond donors (Lipinski definition) is 1. The maximum Gasteiger partial charge on any atom is 0.224 e. The van der Waals surface area contributed by atoms with Crippen molar-refractivity contribution in [3.8, 4) is 11.4 Å². The minimum atomic E-state index is -0.284. The minimum absolute atomic E-state index is 0.0177. The number of carbonyl (C=O) groups excluding carboxylic acids is 1. The van der Waals surface area contributed by atoms with Crippen LogP contribution in [-0.4, -0.2) is 57.7 Å². The molecule has 31 heavy (non-hydrogen) atoms. The minimum Gasteiger partial charge on any atom is -0.337 e. The molecule has 3 rings (SSSR count). The summed E-state index contributed by atoms with van der Waals surface area (Å²) in [7, 11) is 3.94. The summed E-state index contributed by atoms with van der Waals surface area (Å²) >= 11 is 5.40. The fraction of sp³-hybridized carbons (Fsp3) is 0.348. The van der Waals surface area contributed by atoms with Crippen molar-refractivity contribution < 1.29 is 9.18 Å². The van der Waals surface area contributed by atoms with Gasteiger partial charge in [-0.1, -0.05) is 42.0 Å². The molecule has 0 spiro atoms. The zero-order chi connectivity index (χ0) is 22.4. The van der Waals surface area contributed by atoms with Crippen LogP contribution < -0.4 is 0 Å². The van der Waals surface area contributed by atoms with Crippen molar-refractivity contribution in [3.63, 3.8) is 0 Å². The molecule has 2 aromatic carbocycles. The SMILES string of the molecule is Cc1ccc(-c2n[nH]c(=S)n2CCC(=O)N(CCN(C)C)Cc2ccc(F)cc2)cc1. The van der Waals surface area contributed by atoms with Crippen LogP contribution in [0.4, 0.5) is 4.39 Å². The van der Waals surface area contributed by atoms with E-state index in [0.717, 1.165) is 29.1 Å². The number of nitrogens with zero attached hydrogens (tertiary/aromatic N) is 4. The smallest absolute Gasteiger partial charge is 0.224 e. The summed E-state index contributed by atoms with van der Waals surface area (Å²) in [5, 5.41) is 7.19. The van der Waals surface area contributed by atoms with Gasteiger partial charge in [0.15, 0.2) is 10.6 Å². The molecule has 0 unspecified atom stereocenters. The van der Waals surface area contributed by atoms with Crippen molar-refractivity contribution >= 4 is 18.1 Å². The molecule has 0 radical (unpaired) electrons. The van der Waals surface area contributed by atoms with Gasteiger partial charge in [0, 0.05) is 38.2 Å². The molecule has 164 valence electrons. The van der Waals surface area contributed by atoms with Gasteiger partial charge in [-0.25, -0.2) is 4.39 Å². The number of likely N-dealkylation sites (N-methyl/N-ethyl adjacent to an activating group) is 1. The van der Waals surface area contributed by atoms with E-state index in [-0.39, 0.29) is 11.7 Å². The van der Waals surface area contributed by atoms with Crippen molar-refractivity contribution in [3.05, 3.63) is 70.2 Å². The average Bonchev–Trinajstić information content (AvgIpc) is 3.11. The summed E-state index contributed by atoms with van der Waals surface area (Å²) in [4.78, 5) is 16.9. The Morgan fingerprint density at radius 3 is 2.42 bits per heavy atom. The molecular weight excluding hydrogens is 413 g/mol. The fourth-order valence-electron chi connectivity index (χ4n) is 3.24. The van der Waals surface area contributed by atoms with Gasteiger partial charge in [-0.15, -0.1) is 0 Å². The number of aromatic nitrogens is 3. The number of rotatable bonds is 9. The molecule has 0 saturated heterocycles. The summed E-state index contributed by atoms with van der Waals surface area (Å²) in [5.41, 5.74) is 3.01. The highest BCUT2D eigenvalue weighted by molar-refractivity contribution is 7.71. The lowest BCUT2D eigenvalue weighted by atomic mass is 10.1. The average molecular weight is 442 g/mol. The molecule has 8 heteroatoms. The standard InChI is InChI=1S/C23H28FN5OS/c1-17-4-8-19(9-5-17)22-25-26-23(31)29(22)13-12-21(30)28(15-14-27(2)3)16-18-6-10-20(24)11-7-18/h4-11H,12-16H2,1-3H3,(H,26,31). The van der Waals surface area contributed by atoms with Gasteiger partial charge in [-0.3, -0.25) is 14.5 Å². The van der Waals surface area contributed by atoms with Crippen LogP contribution in [0.25, 0.3) is 11.4 Å². The van der Waals surface area contributed by atoms with Crippen LogP contribution in [0.1, 0.15) is 17.5 Å². The number of aromatic amines is 1. The number of carbonyl (C=O) groups is 1. The van der Waals surface area contributed by atoms with E-state index in [9.17, 15) is 9.18 Å². The predicted octanol–water partition coefficient (Wildman–Crippen LogP) is 4.04. The maximum absolute atomic E-state index is 13.2. The number of amides is 1. The highest BCUT2D eigenvalue weighted by Gasteiger charge is 2.16. The Bertz CT molecular complexity index is 1060. The van der Waals surface area contributed by atoms with Gasteiger partial charge >= 0.3 is 0 Å². The molecule has 0 aliphatic carbocycles. The van der Waals surface area contributed by atoms with E-state index in [1.807, 2.05) is 59.7 Å². The summed E-state index contributed by atoms with van der Waals surface area (Å²) in [6.45, 7) is 4.23. The second-order valence-corrected chi connectivity index (χ2v) is 8.25. The third-order valence-corrected chi connectivity index (χ3v) is 5.39. The molecule has 6 nitrogen and oxygen atoms in total. The van der Waals surface area contributed by atoms with E-state index >= 15 is 0 Å². The van der Waals surface area contributed by atoms with Crippen molar-refractivity contribution in [1.29, 1.82) is 0 Å². The lowest BCUT2D eigenvalue weighted by molar-refractivity contribution is -0.132. The van der Waals surface area contributed by atoms with Crippen LogP contribution in [0.2, 0.25) is 0 Å². The largest absolute Gasteiger partial charge is 0.337 e. The third-order valence-electron chi connectivity index (χ3n) is 5.07. The van der Waals surface area contributed by atoms with Crippen LogP contribution >= 0.6 is 12.2 Å². The van der Waals surface area contributed by atoms with E-state index in [0.29, 0.717) is 30.8 Å². The molecule has 1 aromatic heterocycles. The second kappa shape index (κ2) is 10.5. The zero-order valence-corrected chi connectivity index (χ0v) is 19.0. The Morgan fingerprint density at radius 2 is 1.77 bits per heavy atom. The topological polar surface area (TPSA) is 57.2 Å². The van der Waals surface area contributed by atoms with Crippen LogP contribution in [0.3, 0.4) is 0 Å². The Hall–Kier alpha value is -2.84. The first-order valence-electron chi connectivity index (χ1n) is 10.2. The van der Waals surface area contributed by atoms with E-state index in [1.54, 1.807) is 12.1 Å². The van der Waals surface area contributed by atoms with E-state index in [1.165, 1.54) is 12.1 Å². The zero-order valence-electron chi connectivity index (χ0n) is 18.1. The summed E-state index contributed by atoms with van der Waals surface area (Å²) in [6, 6.07) is 14.3. The van der Waals surface area contributed by atoms with Crippen molar-refractivity contribution in [2.45, 2.75) is 26.4 Å². The van der Waals surface area contributed by atoms with Crippen LogP contribution in [0.15, 0.2) is 48.5 Å². The van der Waals surface area contributed by atoms with Crippen LogP contribution in [-0.2, 0) is 17.9 Å². The van der Waals surface area contributed by atoms with Crippen molar-refractivity contribution in [2.24, 2.45) is 0 Å². The van der Waals surface area contributed by atoms with Crippen molar-refractivity contribution in [2.75, 3.05) is 27.2 Å². The molecule has 0 atom stereocenters.